The van der Waals surface area contributed by atoms with Crippen LogP contribution in [0.1, 0.15) is 29.3 Å². The Morgan fingerprint density at radius 3 is 3.09 bits per heavy atom. The maximum atomic E-state index is 12.2. The van der Waals surface area contributed by atoms with Crippen molar-refractivity contribution in [1.29, 1.82) is 1.28 Å². The fourth-order valence-corrected chi connectivity index (χ4v) is 3.52. The molecule has 0 radical (unpaired) electrons. The van der Waals surface area contributed by atoms with Crippen LogP contribution >= 0.6 is 9.41 Å². The highest BCUT2D eigenvalue weighted by Gasteiger charge is 2.35. The summed E-state index contributed by atoms with van der Waals surface area (Å²) in [6.07, 6.45) is 5.32. The molecule has 33 heavy (non-hydrogen) atoms. The molecule has 1 aliphatic rings. The Morgan fingerprint density at radius 2 is 2.30 bits per heavy atom. The largest absolute Gasteiger partial charge is 0.390 e. The van der Waals surface area contributed by atoms with E-state index in [4.69, 9.17) is 16.3 Å². The zero-order valence-corrected chi connectivity index (χ0v) is 18.8. The van der Waals surface area contributed by atoms with Crippen LogP contribution in [0.15, 0.2) is 52.2 Å². The number of ether oxygens (including phenoxy) is 1. The van der Waals surface area contributed by atoms with Crippen LogP contribution in [0.3, 0.4) is 0 Å². The number of aromatic nitrogens is 2. The van der Waals surface area contributed by atoms with Crippen molar-refractivity contribution in [2.75, 3.05) is 13.2 Å². The van der Waals surface area contributed by atoms with Gasteiger partial charge in [-0.1, -0.05) is 36.4 Å². The number of aromatic amines is 1. The van der Waals surface area contributed by atoms with Crippen LogP contribution in [-0.2, 0) is 20.6 Å². The summed E-state index contributed by atoms with van der Waals surface area (Å²) in [7, 11) is -0.489. The molecule has 0 saturated carbocycles. The molecule has 1 aromatic heterocycles. The molecule has 1 aliphatic heterocycles. The number of rotatable bonds is 10. The van der Waals surface area contributed by atoms with Crippen molar-refractivity contribution in [1.82, 2.24) is 14.9 Å². The van der Waals surface area contributed by atoms with E-state index in [-0.39, 0.29) is 31.0 Å². The minimum Gasteiger partial charge on any atom is -0.390 e. The molecule has 11 heteroatoms. The van der Waals surface area contributed by atoms with Gasteiger partial charge >= 0.3 is 5.69 Å². The van der Waals surface area contributed by atoms with E-state index >= 15 is 0 Å². The van der Waals surface area contributed by atoms with Crippen LogP contribution in [0.25, 0.3) is 12.2 Å². The second kappa shape index (κ2) is 11.8. The van der Waals surface area contributed by atoms with Crippen LogP contribution < -0.4 is 22.3 Å². The molecule has 1 fully saturated rings. The number of carbonyl (C=O) groups is 1. The van der Waals surface area contributed by atoms with E-state index in [2.05, 4.69) is 10.3 Å². The molecule has 1 amide bonds. The third-order valence-corrected chi connectivity index (χ3v) is 5.23. The zero-order chi connectivity index (χ0) is 24.5. The Hall–Kier alpha value is -2.88. The Kier molecular flexibility index (Phi) is 8.35. The van der Waals surface area contributed by atoms with Gasteiger partial charge < -0.3 is 25.4 Å². The Morgan fingerprint density at radius 1 is 1.45 bits per heavy atom. The highest BCUT2D eigenvalue weighted by molar-refractivity contribution is 7.09. The summed E-state index contributed by atoms with van der Waals surface area (Å²) < 4.78 is 18.9. The molecule has 4 unspecified atom stereocenters. The van der Waals surface area contributed by atoms with Crippen molar-refractivity contribution in [2.45, 2.75) is 31.4 Å². The van der Waals surface area contributed by atoms with E-state index in [1.807, 2.05) is 24.3 Å². The van der Waals surface area contributed by atoms with Crippen molar-refractivity contribution in [3.63, 3.8) is 0 Å². The van der Waals surface area contributed by atoms with E-state index in [1.54, 1.807) is 12.2 Å². The number of hydrogen-bond donors (Lipinski definition) is 4. The van der Waals surface area contributed by atoms with Gasteiger partial charge in [-0.05, 0) is 17.2 Å². The van der Waals surface area contributed by atoms with Gasteiger partial charge in [0, 0.05) is 41.2 Å². The Bertz CT molecular complexity index is 1160. The summed E-state index contributed by atoms with van der Waals surface area (Å²) in [5.74, 6) is -0.309. The monoisotopic (exact) mass is 476 g/mol. The molecule has 1 saturated heterocycles. The number of benzene rings is 1. The smallest absolute Gasteiger partial charge is 0.330 e. The fraction of sp³-hybridized carbons (Fsp3) is 0.318. The average Bonchev–Trinajstić information content (AvgIpc) is 3.20. The first-order valence-electron chi connectivity index (χ1n) is 10.8. The van der Waals surface area contributed by atoms with Gasteiger partial charge in [-0.25, -0.2) is 4.79 Å². The zero-order valence-electron chi connectivity index (χ0n) is 18.8. The highest BCUT2D eigenvalue weighted by atomic mass is 31.0. The standard InChI is InChI=1S/C22H27N4O6P/c23-11-15-4-1-3-14(9-15)6-7-19(28)24-8-2-5-16-12-26(22(30)25-21(16)29)20-10-17(27)18(32-20)13-31-33/h1-7,9,12,17-18,20,27H,8,10-11,13,23,33H2,(H,24,28)(H,25,29,30)/b5-2+,7-6+/i33T. The molecule has 0 aliphatic carbocycles. The van der Waals surface area contributed by atoms with Gasteiger partial charge in [-0.2, -0.15) is 0 Å². The van der Waals surface area contributed by atoms with Crippen LogP contribution in [0, 0.1) is 0 Å². The van der Waals surface area contributed by atoms with Crippen molar-refractivity contribution in [3.8, 4) is 0 Å². The van der Waals surface area contributed by atoms with Crippen LogP contribution in [-0.4, -0.2) is 47.2 Å². The summed E-state index contributed by atoms with van der Waals surface area (Å²) >= 11 is 0. The predicted octanol–water partition coefficient (Wildman–Crippen LogP) is 0.293. The van der Waals surface area contributed by atoms with Gasteiger partial charge in [-0.15, -0.1) is 0 Å². The van der Waals surface area contributed by atoms with E-state index in [0.717, 1.165) is 11.1 Å². The third kappa shape index (κ3) is 6.80. The number of nitrogens with one attached hydrogen (secondary N) is 2. The van der Waals surface area contributed by atoms with E-state index < -0.39 is 39.1 Å². The van der Waals surface area contributed by atoms with Crippen LogP contribution in [0.5, 0.6) is 0 Å². The molecule has 176 valence electrons. The first-order chi connectivity index (χ1) is 16.4. The lowest BCUT2D eigenvalue weighted by Gasteiger charge is -2.15. The summed E-state index contributed by atoms with van der Waals surface area (Å²) in [5.41, 5.74) is 6.37. The van der Waals surface area contributed by atoms with Gasteiger partial charge in [0.2, 0.25) is 5.91 Å². The number of nitrogens with zero attached hydrogens (tertiary/aromatic N) is 1. The molecule has 3 rings (SSSR count). The van der Waals surface area contributed by atoms with Gasteiger partial charge in [0.25, 0.3) is 5.56 Å². The lowest BCUT2D eigenvalue weighted by molar-refractivity contribution is -0.116. The molecule has 4 atom stereocenters. The first kappa shape index (κ1) is 23.3. The number of H-pyrrole nitrogens is 1. The molecule has 1 aromatic carbocycles. The van der Waals surface area contributed by atoms with Crippen LogP contribution in [0.4, 0.5) is 0 Å². The summed E-state index contributed by atoms with van der Waals surface area (Å²) in [6, 6.07) is 7.52. The van der Waals surface area contributed by atoms with Crippen molar-refractivity contribution < 1.29 is 19.2 Å². The number of nitrogens with two attached hydrogens (primary N) is 1. The SMILES string of the molecule is [3H]POCC1OC(n2cc(/C=C/CNC(=O)/C=C/c3cccc(CN)c3)c(=O)[nH]c2=O)CC1O. The van der Waals surface area contributed by atoms with Gasteiger partial charge in [0.05, 0.1) is 19.6 Å². The molecular weight excluding hydrogens is 447 g/mol. The number of hydrogen-bond acceptors (Lipinski definition) is 7. The first-order valence-corrected chi connectivity index (χ1v) is 10.7. The lowest BCUT2D eigenvalue weighted by Crippen LogP contribution is -2.33. The number of aliphatic hydroxyl groups is 1. The minimum atomic E-state index is -0.861. The summed E-state index contributed by atoms with van der Waals surface area (Å²) in [5, 5.41) is 12.8. The lowest BCUT2D eigenvalue weighted by atomic mass is 10.1. The molecule has 0 spiro atoms. The summed E-state index contributed by atoms with van der Waals surface area (Å²) in [6.45, 7) is 0.619. The quantitative estimate of drug-likeness (QED) is 0.285. The number of carbonyl (C=O) groups excluding carboxylic acids is 1. The molecule has 5 N–H and O–H groups in total. The van der Waals surface area contributed by atoms with E-state index in [0.29, 0.717) is 6.54 Å². The molecule has 2 aromatic rings. The van der Waals surface area contributed by atoms with Crippen molar-refractivity contribution in [3.05, 3.63) is 80.1 Å². The normalized spacial score (nSPS) is 21.4. The number of amides is 1. The minimum absolute atomic E-state index is 0.0388. The van der Waals surface area contributed by atoms with Crippen LogP contribution in [0.2, 0.25) is 0 Å². The third-order valence-electron chi connectivity index (χ3n) is 5.06. The van der Waals surface area contributed by atoms with Gasteiger partial charge in [0.15, 0.2) is 0 Å². The van der Waals surface area contributed by atoms with Gasteiger partial charge in [-0.3, -0.25) is 19.1 Å². The maximum absolute atomic E-state index is 12.2. The van der Waals surface area contributed by atoms with E-state index in [9.17, 15) is 19.5 Å². The predicted molar refractivity (Wildman–Crippen MR) is 127 cm³/mol. The maximum Gasteiger partial charge on any atom is 0.330 e. The second-order valence-electron chi connectivity index (χ2n) is 7.42. The highest BCUT2D eigenvalue weighted by Crippen LogP contribution is 2.28. The average molecular weight is 476 g/mol. The van der Waals surface area contributed by atoms with Crippen molar-refractivity contribution >= 4 is 27.5 Å². The number of aliphatic hydroxyl groups excluding tert-OH is 1. The van der Waals surface area contributed by atoms with Gasteiger partial charge in [0.1, 0.15) is 12.3 Å². The van der Waals surface area contributed by atoms with Crippen molar-refractivity contribution in [2.24, 2.45) is 5.73 Å². The molecule has 10 nitrogen and oxygen atoms in total. The molecule has 0 bridgehead atoms. The fourth-order valence-electron chi connectivity index (χ4n) is 3.35. The Balaban J connectivity index is 1.59. The molecule has 2 heterocycles. The topological polar surface area (TPSA) is 149 Å². The molecular formula is C22H27N4O6P. The summed E-state index contributed by atoms with van der Waals surface area (Å²) in [4.78, 5) is 38.7. The second-order valence-corrected chi connectivity index (χ2v) is 7.71. The van der Waals surface area contributed by atoms with E-state index in [1.165, 1.54) is 22.9 Å². The Labute approximate surface area is 193 Å².